The molecule has 144 valence electrons. The van der Waals surface area contributed by atoms with Crippen LogP contribution in [0.4, 0.5) is 0 Å². The Morgan fingerprint density at radius 3 is 2.37 bits per heavy atom. The maximum absolute atomic E-state index is 12.6. The van der Waals surface area contributed by atoms with Gasteiger partial charge in [0.25, 0.3) is 11.8 Å². The first-order valence-corrected chi connectivity index (χ1v) is 9.99. The molecule has 1 aliphatic rings. The number of piperazine rings is 1. The second-order valence-electron chi connectivity index (χ2n) is 6.80. The van der Waals surface area contributed by atoms with Gasteiger partial charge < -0.3 is 9.80 Å². The van der Waals surface area contributed by atoms with Crippen molar-refractivity contribution in [3.8, 4) is 0 Å². The highest BCUT2D eigenvalue weighted by atomic mass is 35.5. The van der Waals surface area contributed by atoms with Crippen LogP contribution in [-0.2, 0) is 6.54 Å². The molecular weight excluding hydrogens is 384 g/mol. The molecule has 0 radical (unpaired) electrons. The highest BCUT2D eigenvalue weighted by Gasteiger charge is 2.24. The Kier molecular flexibility index (Phi) is 6.14. The summed E-state index contributed by atoms with van der Waals surface area (Å²) < 4.78 is 0. The number of nitrogens with zero attached hydrogens (tertiary/aromatic N) is 4. The molecule has 0 aliphatic carbocycles. The SMILES string of the molecule is Cc1nc(CN2CCN(C(=O)c3ccc(Cl)cc3)CC2)sc1C(=O)N(C)C. The number of hydrogen-bond donors (Lipinski definition) is 0. The first-order chi connectivity index (χ1) is 12.8. The lowest BCUT2D eigenvalue weighted by Crippen LogP contribution is -2.48. The third kappa shape index (κ3) is 4.66. The normalized spacial score (nSPS) is 15.0. The molecular formula is C19H23ClN4O2S. The molecule has 6 nitrogen and oxygen atoms in total. The monoisotopic (exact) mass is 406 g/mol. The summed E-state index contributed by atoms with van der Waals surface area (Å²) in [6.07, 6.45) is 0. The van der Waals surface area contributed by atoms with Gasteiger partial charge in [0.2, 0.25) is 0 Å². The second-order valence-corrected chi connectivity index (χ2v) is 8.32. The lowest BCUT2D eigenvalue weighted by molar-refractivity contribution is 0.0628. The zero-order valence-corrected chi connectivity index (χ0v) is 17.3. The van der Waals surface area contributed by atoms with E-state index >= 15 is 0 Å². The van der Waals surface area contributed by atoms with Crippen LogP contribution in [0.15, 0.2) is 24.3 Å². The van der Waals surface area contributed by atoms with Crippen molar-refractivity contribution in [2.75, 3.05) is 40.3 Å². The van der Waals surface area contributed by atoms with E-state index in [1.807, 2.05) is 11.8 Å². The van der Waals surface area contributed by atoms with E-state index < -0.39 is 0 Å². The molecule has 1 saturated heterocycles. The Bertz CT molecular complexity index is 827. The average molecular weight is 407 g/mol. The van der Waals surface area contributed by atoms with Crippen LogP contribution in [0.5, 0.6) is 0 Å². The van der Waals surface area contributed by atoms with Crippen LogP contribution in [0.2, 0.25) is 5.02 Å². The lowest BCUT2D eigenvalue weighted by atomic mass is 10.2. The largest absolute Gasteiger partial charge is 0.344 e. The first-order valence-electron chi connectivity index (χ1n) is 8.80. The molecule has 8 heteroatoms. The summed E-state index contributed by atoms with van der Waals surface area (Å²) in [6.45, 7) is 5.50. The van der Waals surface area contributed by atoms with Crippen molar-refractivity contribution in [1.82, 2.24) is 19.7 Å². The van der Waals surface area contributed by atoms with Gasteiger partial charge in [-0.2, -0.15) is 0 Å². The Morgan fingerprint density at radius 1 is 1.15 bits per heavy atom. The van der Waals surface area contributed by atoms with E-state index in [4.69, 9.17) is 11.6 Å². The lowest BCUT2D eigenvalue weighted by Gasteiger charge is -2.34. The third-order valence-electron chi connectivity index (χ3n) is 4.55. The van der Waals surface area contributed by atoms with Crippen molar-refractivity contribution in [2.45, 2.75) is 13.5 Å². The van der Waals surface area contributed by atoms with Crippen LogP contribution < -0.4 is 0 Å². The Hall–Kier alpha value is -1.96. The van der Waals surface area contributed by atoms with Gasteiger partial charge in [-0.05, 0) is 31.2 Å². The van der Waals surface area contributed by atoms with E-state index in [0.29, 0.717) is 35.1 Å². The van der Waals surface area contributed by atoms with Crippen LogP contribution in [0, 0.1) is 6.92 Å². The van der Waals surface area contributed by atoms with E-state index in [9.17, 15) is 9.59 Å². The van der Waals surface area contributed by atoms with Crippen molar-refractivity contribution in [1.29, 1.82) is 0 Å². The van der Waals surface area contributed by atoms with Gasteiger partial charge in [0, 0.05) is 50.9 Å². The summed E-state index contributed by atoms with van der Waals surface area (Å²) in [4.78, 5) is 35.7. The number of thiazole rings is 1. The molecule has 0 unspecified atom stereocenters. The second kappa shape index (κ2) is 8.37. The number of aromatic nitrogens is 1. The van der Waals surface area contributed by atoms with Crippen LogP contribution in [0.25, 0.3) is 0 Å². The predicted octanol–water partition coefficient (Wildman–Crippen LogP) is 2.76. The minimum Gasteiger partial charge on any atom is -0.344 e. The standard InChI is InChI=1S/C19H23ClN4O2S/c1-13-17(19(26)22(2)3)27-16(21-13)12-23-8-10-24(11-9-23)18(25)14-4-6-15(20)7-5-14/h4-7H,8-12H2,1-3H3. The average Bonchev–Trinajstić information content (AvgIpc) is 3.01. The van der Waals surface area contributed by atoms with Gasteiger partial charge in [0.05, 0.1) is 12.2 Å². The van der Waals surface area contributed by atoms with Gasteiger partial charge in [-0.25, -0.2) is 4.98 Å². The van der Waals surface area contributed by atoms with Crippen molar-refractivity contribution < 1.29 is 9.59 Å². The van der Waals surface area contributed by atoms with Crippen LogP contribution in [0.1, 0.15) is 30.7 Å². The van der Waals surface area contributed by atoms with Gasteiger partial charge in [0.1, 0.15) is 9.88 Å². The molecule has 1 aromatic carbocycles. The third-order valence-corrected chi connectivity index (χ3v) is 5.93. The number of carbonyl (C=O) groups is 2. The summed E-state index contributed by atoms with van der Waals surface area (Å²) in [5, 5.41) is 1.57. The van der Waals surface area contributed by atoms with Gasteiger partial charge >= 0.3 is 0 Å². The minimum atomic E-state index is -0.00497. The highest BCUT2D eigenvalue weighted by molar-refractivity contribution is 7.13. The fourth-order valence-electron chi connectivity index (χ4n) is 3.00. The maximum atomic E-state index is 12.6. The smallest absolute Gasteiger partial charge is 0.265 e. The number of hydrogen-bond acceptors (Lipinski definition) is 5. The molecule has 27 heavy (non-hydrogen) atoms. The molecule has 0 atom stereocenters. The van der Waals surface area contributed by atoms with Crippen LogP contribution in [0.3, 0.4) is 0 Å². The maximum Gasteiger partial charge on any atom is 0.265 e. The number of amides is 2. The van der Waals surface area contributed by atoms with E-state index in [2.05, 4.69) is 9.88 Å². The van der Waals surface area contributed by atoms with E-state index in [0.717, 1.165) is 23.8 Å². The summed E-state index contributed by atoms with van der Waals surface area (Å²) in [5.74, 6) is 0.0323. The summed E-state index contributed by atoms with van der Waals surface area (Å²) in [6, 6.07) is 7.00. The number of benzene rings is 1. The molecule has 2 heterocycles. The topological polar surface area (TPSA) is 56.8 Å². The Labute approximate surface area is 168 Å². The molecule has 3 rings (SSSR count). The molecule has 0 bridgehead atoms. The minimum absolute atomic E-state index is 0.00497. The highest BCUT2D eigenvalue weighted by Crippen LogP contribution is 2.21. The van der Waals surface area contributed by atoms with E-state index in [1.165, 1.54) is 11.3 Å². The summed E-state index contributed by atoms with van der Waals surface area (Å²) in [5.41, 5.74) is 1.44. The predicted molar refractivity (Wildman–Crippen MR) is 108 cm³/mol. The zero-order chi connectivity index (χ0) is 19.6. The summed E-state index contributed by atoms with van der Waals surface area (Å²) in [7, 11) is 3.50. The molecule has 0 N–H and O–H groups in total. The summed E-state index contributed by atoms with van der Waals surface area (Å²) >= 11 is 7.35. The van der Waals surface area contributed by atoms with Gasteiger partial charge in [-0.15, -0.1) is 11.3 Å². The number of aryl methyl sites for hydroxylation is 1. The molecule has 0 spiro atoms. The van der Waals surface area contributed by atoms with Crippen molar-refractivity contribution >= 4 is 34.8 Å². The fourth-order valence-corrected chi connectivity index (χ4v) is 4.25. The fraction of sp³-hybridized carbons (Fsp3) is 0.421. The molecule has 1 fully saturated rings. The van der Waals surface area contributed by atoms with Crippen molar-refractivity contribution in [3.63, 3.8) is 0 Å². The van der Waals surface area contributed by atoms with Crippen LogP contribution >= 0.6 is 22.9 Å². The zero-order valence-electron chi connectivity index (χ0n) is 15.7. The van der Waals surface area contributed by atoms with Crippen molar-refractivity contribution in [3.05, 3.63) is 50.4 Å². The first kappa shape index (κ1) is 19.8. The number of rotatable bonds is 4. The van der Waals surface area contributed by atoms with Gasteiger partial charge in [-0.1, -0.05) is 11.6 Å². The Morgan fingerprint density at radius 2 is 1.78 bits per heavy atom. The van der Waals surface area contributed by atoms with Gasteiger partial charge in [0.15, 0.2) is 0 Å². The number of halogens is 1. The molecule has 1 aliphatic heterocycles. The van der Waals surface area contributed by atoms with Crippen LogP contribution in [-0.4, -0.2) is 71.8 Å². The molecule has 2 amide bonds. The molecule has 0 saturated carbocycles. The van der Waals surface area contributed by atoms with Gasteiger partial charge in [-0.3, -0.25) is 14.5 Å². The molecule has 2 aromatic rings. The van der Waals surface area contributed by atoms with E-state index in [1.54, 1.807) is 43.3 Å². The van der Waals surface area contributed by atoms with Crippen molar-refractivity contribution in [2.24, 2.45) is 0 Å². The number of carbonyl (C=O) groups excluding carboxylic acids is 2. The quantitative estimate of drug-likeness (QED) is 0.783. The molecule has 1 aromatic heterocycles. The Balaban J connectivity index is 1.57. The van der Waals surface area contributed by atoms with E-state index in [-0.39, 0.29) is 11.8 Å².